The van der Waals surface area contributed by atoms with E-state index < -0.39 is 0 Å². The first-order valence-corrected chi connectivity index (χ1v) is 13.0. The average molecular weight is 517 g/mol. The third-order valence-electron chi connectivity index (χ3n) is 7.14. The van der Waals surface area contributed by atoms with Crippen molar-refractivity contribution in [3.05, 3.63) is 94.5 Å². The Morgan fingerprint density at radius 2 is 1.87 bits per heavy atom. The Morgan fingerprint density at radius 3 is 2.55 bits per heavy atom. The van der Waals surface area contributed by atoms with Gasteiger partial charge in [0.1, 0.15) is 17.6 Å². The number of ketones is 1. The van der Waals surface area contributed by atoms with Crippen LogP contribution in [0.1, 0.15) is 56.1 Å². The highest BCUT2D eigenvalue weighted by Crippen LogP contribution is 2.41. The molecule has 2 atom stereocenters. The second-order valence-corrected chi connectivity index (χ2v) is 10.0. The zero-order valence-corrected chi connectivity index (χ0v) is 22.3. The first-order valence-electron chi connectivity index (χ1n) is 13.0. The molecule has 0 saturated carbocycles. The molecule has 1 fully saturated rings. The molecule has 5 rings (SSSR count). The fourth-order valence-electron chi connectivity index (χ4n) is 5.16. The molecular weight excluding hydrogens is 480 g/mol. The monoisotopic (exact) mass is 516 g/mol. The van der Waals surface area contributed by atoms with E-state index in [1.807, 2.05) is 50.2 Å². The number of phenolic OH excluding ortho intramolecular Hbond substituents is 1. The summed E-state index contributed by atoms with van der Waals surface area (Å²) in [5.41, 5.74) is 5.94. The van der Waals surface area contributed by atoms with Crippen LogP contribution in [0.2, 0.25) is 0 Å². The molecule has 0 bridgehead atoms. The van der Waals surface area contributed by atoms with Crippen molar-refractivity contribution in [1.29, 1.82) is 0 Å². The molecular formula is C31H36N2O5. The minimum Gasteiger partial charge on any atom is -0.508 e. The van der Waals surface area contributed by atoms with Gasteiger partial charge in [-0.2, -0.15) is 0 Å². The van der Waals surface area contributed by atoms with Crippen LogP contribution < -0.4 is 15.4 Å². The number of para-hydroxylation sites is 1. The average Bonchev–Trinajstić information content (AvgIpc) is 2.88. The van der Waals surface area contributed by atoms with Gasteiger partial charge in [-0.25, -0.2) is 4.79 Å². The molecule has 38 heavy (non-hydrogen) atoms. The number of carbonyl (C=O) groups excluding carboxylic acids is 2. The first-order chi connectivity index (χ1) is 18.2. The van der Waals surface area contributed by atoms with E-state index in [-0.39, 0.29) is 23.8 Å². The second-order valence-electron chi connectivity index (χ2n) is 10.0. The highest BCUT2D eigenvalue weighted by molar-refractivity contribution is 6.01. The number of hydrogen-bond donors (Lipinski definition) is 3. The van der Waals surface area contributed by atoms with Crippen LogP contribution >= 0.6 is 0 Å². The summed E-state index contributed by atoms with van der Waals surface area (Å²) in [5, 5.41) is 15.3. The van der Waals surface area contributed by atoms with Crippen LogP contribution in [0.4, 0.5) is 0 Å². The Bertz CT molecular complexity index is 1280. The van der Waals surface area contributed by atoms with E-state index in [0.29, 0.717) is 36.2 Å². The van der Waals surface area contributed by atoms with Crippen molar-refractivity contribution in [1.82, 2.24) is 10.6 Å². The summed E-state index contributed by atoms with van der Waals surface area (Å²) >= 11 is 0. The fourth-order valence-corrected chi connectivity index (χ4v) is 5.16. The van der Waals surface area contributed by atoms with Gasteiger partial charge < -0.3 is 25.2 Å². The molecule has 3 aliphatic rings. The molecule has 2 aromatic carbocycles. The highest BCUT2D eigenvalue weighted by atomic mass is 16.5. The Kier molecular flexibility index (Phi) is 8.56. The highest BCUT2D eigenvalue weighted by Gasteiger charge is 2.35. The Hall–Kier alpha value is -4.00. The predicted octanol–water partition coefficient (Wildman–Crippen LogP) is 5.17. The van der Waals surface area contributed by atoms with Gasteiger partial charge in [-0.1, -0.05) is 36.9 Å². The van der Waals surface area contributed by atoms with E-state index in [9.17, 15) is 9.59 Å². The van der Waals surface area contributed by atoms with Crippen molar-refractivity contribution in [2.45, 2.75) is 58.0 Å². The number of esters is 1. The zero-order chi connectivity index (χ0) is 27.2. The van der Waals surface area contributed by atoms with Crippen molar-refractivity contribution in [2.75, 3.05) is 13.7 Å². The first kappa shape index (κ1) is 27.0. The summed E-state index contributed by atoms with van der Waals surface area (Å²) in [4.78, 5) is 25.8. The second kappa shape index (κ2) is 12.0. The maximum absolute atomic E-state index is 13.0. The van der Waals surface area contributed by atoms with Gasteiger partial charge >= 0.3 is 5.97 Å². The van der Waals surface area contributed by atoms with Gasteiger partial charge in [0, 0.05) is 60.8 Å². The lowest BCUT2D eigenvalue weighted by atomic mass is 9.78. The van der Waals surface area contributed by atoms with Crippen molar-refractivity contribution in [3.63, 3.8) is 0 Å². The number of aromatic hydroxyl groups is 1. The topological polar surface area (TPSA) is 96.9 Å². The summed E-state index contributed by atoms with van der Waals surface area (Å²) in [6, 6.07) is 15.0. The molecule has 7 heteroatoms. The third-order valence-corrected chi connectivity index (χ3v) is 7.14. The zero-order valence-electron chi connectivity index (χ0n) is 22.3. The summed E-state index contributed by atoms with van der Waals surface area (Å²) in [7, 11) is 1.65. The van der Waals surface area contributed by atoms with Gasteiger partial charge in [-0.15, -0.1) is 0 Å². The molecule has 1 aliphatic carbocycles. The standard InChI is InChI=1S/C24H28N2O4.C7H8O/c1-14-10-17(8-9-25-14)30-24(28)19-13-20-21(26-15(19)2)11-16(12-22(20)27)18-6-4-5-7-23(18)29-3;1-6-3-2-4-7(8)5-6/h4-7,16-17,25-26H,1,8-13H2,2-3H3;2-5,8H,1H3/t16-,17+;/m1./s1. The molecule has 1 saturated heterocycles. The van der Waals surface area contributed by atoms with Gasteiger partial charge in [-0.05, 0) is 49.6 Å². The SMILES string of the molecule is C=C1C[C@@H](OC(=O)C2=C(C)NC3=C(C2)C(=O)C[C@H](c2ccccc2OC)C3)CCN1.Cc1cccc(O)c1. The number of aryl methyl sites for hydroxylation is 1. The summed E-state index contributed by atoms with van der Waals surface area (Å²) in [6.07, 6.45) is 2.68. The largest absolute Gasteiger partial charge is 0.508 e. The van der Waals surface area contributed by atoms with Crippen LogP contribution in [0.25, 0.3) is 0 Å². The Balaban J connectivity index is 0.000000360. The smallest absolute Gasteiger partial charge is 0.336 e. The van der Waals surface area contributed by atoms with Gasteiger partial charge in [0.15, 0.2) is 5.78 Å². The number of nitrogens with one attached hydrogen (secondary N) is 2. The van der Waals surface area contributed by atoms with Crippen LogP contribution in [-0.2, 0) is 14.3 Å². The van der Waals surface area contributed by atoms with E-state index in [0.717, 1.165) is 53.4 Å². The number of methoxy groups -OCH3 is 1. The van der Waals surface area contributed by atoms with Crippen molar-refractivity contribution in [3.8, 4) is 11.5 Å². The fraction of sp³-hybridized carbons (Fsp3) is 0.355. The van der Waals surface area contributed by atoms with Crippen molar-refractivity contribution >= 4 is 11.8 Å². The molecule has 0 amide bonds. The normalized spacial score (nSPS) is 20.9. The number of ether oxygens (including phenoxy) is 2. The van der Waals surface area contributed by atoms with Gasteiger partial charge in [0.2, 0.25) is 0 Å². The van der Waals surface area contributed by atoms with Crippen molar-refractivity contribution in [2.24, 2.45) is 0 Å². The number of hydrogen-bond acceptors (Lipinski definition) is 7. The maximum Gasteiger partial charge on any atom is 0.336 e. The number of allylic oxidation sites excluding steroid dienone is 3. The van der Waals surface area contributed by atoms with E-state index in [1.165, 1.54) is 0 Å². The Labute approximate surface area is 224 Å². The summed E-state index contributed by atoms with van der Waals surface area (Å²) in [5.74, 6) is 0.931. The van der Waals surface area contributed by atoms with Crippen LogP contribution in [0.15, 0.2) is 83.3 Å². The van der Waals surface area contributed by atoms with Gasteiger partial charge in [0.05, 0.1) is 12.7 Å². The molecule has 7 nitrogen and oxygen atoms in total. The Morgan fingerprint density at radius 1 is 1.08 bits per heavy atom. The lowest BCUT2D eigenvalue weighted by Gasteiger charge is -2.33. The number of piperidine rings is 1. The minimum atomic E-state index is -0.342. The van der Waals surface area contributed by atoms with Gasteiger partial charge in [-0.3, -0.25) is 4.79 Å². The maximum atomic E-state index is 13.0. The number of carbonyl (C=O) groups is 2. The van der Waals surface area contributed by atoms with Crippen LogP contribution in [-0.4, -0.2) is 36.6 Å². The molecule has 2 aliphatic heterocycles. The lowest BCUT2D eigenvalue weighted by Crippen LogP contribution is -2.35. The molecule has 0 aromatic heterocycles. The van der Waals surface area contributed by atoms with Crippen molar-refractivity contribution < 1.29 is 24.2 Å². The van der Waals surface area contributed by atoms with E-state index in [2.05, 4.69) is 17.2 Å². The summed E-state index contributed by atoms with van der Waals surface area (Å²) in [6.45, 7) is 8.49. The van der Waals surface area contributed by atoms with Crippen LogP contribution in [0, 0.1) is 6.92 Å². The molecule has 2 aromatic rings. The molecule has 200 valence electrons. The minimum absolute atomic E-state index is 0.0574. The number of Topliss-reactive ketones (excluding diaryl/α,β-unsaturated/α-hetero) is 1. The van der Waals surface area contributed by atoms with E-state index >= 15 is 0 Å². The lowest BCUT2D eigenvalue weighted by molar-refractivity contribution is -0.145. The summed E-state index contributed by atoms with van der Waals surface area (Å²) < 4.78 is 11.2. The number of rotatable bonds is 4. The quantitative estimate of drug-likeness (QED) is 0.482. The molecule has 0 spiro atoms. The molecule has 0 radical (unpaired) electrons. The molecule has 2 heterocycles. The van der Waals surface area contributed by atoms with E-state index in [4.69, 9.17) is 14.6 Å². The van der Waals surface area contributed by atoms with Crippen LogP contribution in [0.5, 0.6) is 11.5 Å². The third kappa shape index (κ3) is 6.46. The molecule has 0 unspecified atom stereocenters. The number of benzene rings is 2. The molecule has 3 N–H and O–H groups in total. The number of dihydropyridines is 1. The number of phenols is 1. The van der Waals surface area contributed by atoms with Crippen LogP contribution in [0.3, 0.4) is 0 Å². The van der Waals surface area contributed by atoms with E-state index in [1.54, 1.807) is 19.2 Å². The van der Waals surface area contributed by atoms with Gasteiger partial charge in [0.25, 0.3) is 0 Å². The predicted molar refractivity (Wildman–Crippen MR) is 147 cm³/mol.